The van der Waals surface area contributed by atoms with E-state index < -0.39 is 10.9 Å². The molecule has 1 heterocycles. The van der Waals surface area contributed by atoms with Crippen LogP contribution >= 0.6 is 24.0 Å². The van der Waals surface area contributed by atoms with Crippen molar-refractivity contribution >= 4 is 51.4 Å². The third-order valence-corrected chi connectivity index (χ3v) is 4.78. The number of para-hydroxylation sites is 1. The van der Waals surface area contributed by atoms with Gasteiger partial charge < -0.3 is 5.11 Å². The zero-order valence-electron chi connectivity index (χ0n) is 13.0. The Morgan fingerprint density at radius 3 is 2.76 bits per heavy atom. The lowest BCUT2D eigenvalue weighted by atomic mass is 10.0. The summed E-state index contributed by atoms with van der Waals surface area (Å²) in [4.78, 5) is 35.2. The van der Waals surface area contributed by atoms with Gasteiger partial charge in [-0.1, -0.05) is 42.7 Å². The number of thiocarbonyl (C=S) groups is 1. The van der Waals surface area contributed by atoms with E-state index in [-0.39, 0.29) is 24.6 Å². The summed E-state index contributed by atoms with van der Waals surface area (Å²) in [7, 11) is 0. The van der Waals surface area contributed by atoms with E-state index in [0.717, 1.165) is 11.8 Å². The minimum Gasteiger partial charge on any atom is -0.481 e. The largest absolute Gasteiger partial charge is 0.481 e. The van der Waals surface area contributed by atoms with Gasteiger partial charge in [0.2, 0.25) is 0 Å². The second-order valence-electron chi connectivity index (χ2n) is 5.13. The molecular formula is C16H14N2O5S2. The Bertz CT molecular complexity index is 803. The first-order chi connectivity index (χ1) is 11.8. The monoisotopic (exact) mass is 378 g/mol. The smallest absolute Gasteiger partial charge is 0.303 e. The third kappa shape index (κ3) is 4.52. The number of benzene rings is 1. The molecule has 130 valence electrons. The van der Waals surface area contributed by atoms with Crippen LogP contribution in [0.3, 0.4) is 0 Å². The van der Waals surface area contributed by atoms with Crippen LogP contribution in [0.4, 0.5) is 5.69 Å². The lowest BCUT2D eigenvalue weighted by molar-refractivity contribution is -0.385. The van der Waals surface area contributed by atoms with Crippen molar-refractivity contribution < 1.29 is 19.6 Å². The van der Waals surface area contributed by atoms with Crippen LogP contribution in [0.1, 0.15) is 18.4 Å². The van der Waals surface area contributed by atoms with Gasteiger partial charge >= 0.3 is 5.97 Å². The maximum Gasteiger partial charge on any atom is 0.303 e. The van der Waals surface area contributed by atoms with E-state index in [1.54, 1.807) is 18.2 Å². The number of amides is 1. The molecule has 2 rings (SSSR count). The number of nitrogens with zero attached hydrogens (tertiary/aromatic N) is 2. The predicted molar refractivity (Wildman–Crippen MR) is 99.0 cm³/mol. The van der Waals surface area contributed by atoms with Crippen molar-refractivity contribution in [3.8, 4) is 0 Å². The Morgan fingerprint density at radius 1 is 1.44 bits per heavy atom. The molecule has 0 aliphatic carbocycles. The van der Waals surface area contributed by atoms with E-state index in [4.69, 9.17) is 17.3 Å². The van der Waals surface area contributed by atoms with Gasteiger partial charge in [0.05, 0.1) is 15.4 Å². The lowest BCUT2D eigenvalue weighted by Crippen LogP contribution is -2.29. The van der Waals surface area contributed by atoms with Crippen LogP contribution in [0.2, 0.25) is 0 Å². The number of thioether (sulfide) groups is 1. The fraction of sp³-hybridized carbons (Fsp3) is 0.188. The number of carboxylic acid groups (broad SMARTS) is 1. The van der Waals surface area contributed by atoms with Gasteiger partial charge in [-0.15, -0.1) is 0 Å². The summed E-state index contributed by atoms with van der Waals surface area (Å²) < 4.78 is 0.331. The normalized spacial score (nSPS) is 15.7. The van der Waals surface area contributed by atoms with Crippen LogP contribution in [0, 0.1) is 10.1 Å². The second kappa shape index (κ2) is 8.04. The first-order valence-electron chi connectivity index (χ1n) is 7.21. The van der Waals surface area contributed by atoms with Gasteiger partial charge in [0.15, 0.2) is 0 Å². The molecule has 0 aromatic heterocycles. The van der Waals surface area contributed by atoms with Gasteiger partial charge in [0.1, 0.15) is 4.32 Å². The Morgan fingerprint density at radius 2 is 2.12 bits per heavy atom. The van der Waals surface area contributed by atoms with Gasteiger partial charge in [0.25, 0.3) is 11.6 Å². The molecule has 0 radical (unpaired) electrons. The van der Waals surface area contributed by atoms with Gasteiger partial charge in [-0.3, -0.25) is 24.6 Å². The zero-order valence-corrected chi connectivity index (χ0v) is 14.6. The summed E-state index contributed by atoms with van der Waals surface area (Å²) in [6, 6.07) is 6.13. The van der Waals surface area contributed by atoms with Gasteiger partial charge in [-0.25, -0.2) is 0 Å². The molecule has 0 saturated carbocycles. The van der Waals surface area contributed by atoms with E-state index in [9.17, 15) is 19.7 Å². The molecule has 1 fully saturated rings. The van der Waals surface area contributed by atoms with E-state index >= 15 is 0 Å². The highest BCUT2D eigenvalue weighted by Gasteiger charge is 2.32. The second-order valence-corrected chi connectivity index (χ2v) is 6.81. The Hall–Kier alpha value is -2.52. The summed E-state index contributed by atoms with van der Waals surface area (Å²) in [5.41, 5.74) is 0.558. The molecule has 0 atom stereocenters. The molecule has 0 unspecified atom stereocenters. The number of carboxylic acids is 1. The van der Waals surface area contributed by atoms with Gasteiger partial charge in [0, 0.05) is 19.0 Å². The van der Waals surface area contributed by atoms with Crippen LogP contribution in [-0.4, -0.2) is 37.7 Å². The molecule has 1 aliphatic rings. The van der Waals surface area contributed by atoms with Crippen molar-refractivity contribution in [3.63, 3.8) is 0 Å². The molecule has 1 amide bonds. The average Bonchev–Trinajstić information content (AvgIpc) is 2.81. The molecule has 0 bridgehead atoms. The number of aliphatic carboxylic acids is 1. The first-order valence-corrected chi connectivity index (χ1v) is 8.43. The quantitative estimate of drug-likeness (QED) is 0.336. The Kier molecular flexibility index (Phi) is 6.05. The lowest BCUT2D eigenvalue weighted by Gasteiger charge is -2.13. The SMILES string of the molecule is C=C(/C=C1\SC(=S)N(CCCC(=O)O)C1=O)c1ccccc1[N+](=O)[O-]. The number of rotatable bonds is 7. The molecule has 1 N–H and O–H groups in total. The minimum atomic E-state index is -0.939. The summed E-state index contributed by atoms with van der Waals surface area (Å²) >= 11 is 6.22. The van der Waals surface area contributed by atoms with E-state index in [1.165, 1.54) is 17.0 Å². The highest BCUT2D eigenvalue weighted by Crippen LogP contribution is 2.34. The summed E-state index contributed by atoms with van der Waals surface area (Å²) in [6.45, 7) is 4.03. The highest BCUT2D eigenvalue weighted by molar-refractivity contribution is 8.26. The van der Waals surface area contributed by atoms with Crippen LogP contribution in [0.25, 0.3) is 5.57 Å². The molecule has 1 aromatic rings. The molecule has 1 saturated heterocycles. The number of allylic oxidation sites excluding steroid dienone is 2. The molecule has 25 heavy (non-hydrogen) atoms. The van der Waals surface area contributed by atoms with Crippen LogP contribution in [-0.2, 0) is 9.59 Å². The Balaban J connectivity index is 2.18. The van der Waals surface area contributed by atoms with Crippen molar-refractivity contribution in [3.05, 3.63) is 57.5 Å². The van der Waals surface area contributed by atoms with Crippen LogP contribution < -0.4 is 0 Å². The summed E-state index contributed by atoms with van der Waals surface area (Å²) in [5.74, 6) is -1.29. The number of carbonyl (C=O) groups excluding carboxylic acids is 1. The van der Waals surface area contributed by atoms with Crippen LogP contribution in [0.5, 0.6) is 0 Å². The molecular weight excluding hydrogens is 364 g/mol. The molecule has 1 aromatic carbocycles. The zero-order chi connectivity index (χ0) is 18.6. The molecule has 1 aliphatic heterocycles. The Labute approximate surface area is 153 Å². The van der Waals surface area contributed by atoms with Crippen LogP contribution in [0.15, 0.2) is 41.8 Å². The number of nitro benzene ring substituents is 1. The molecule has 7 nitrogen and oxygen atoms in total. The number of carbonyl (C=O) groups is 2. The maximum absolute atomic E-state index is 12.4. The van der Waals surface area contributed by atoms with E-state index in [0.29, 0.717) is 26.8 Å². The summed E-state index contributed by atoms with van der Waals surface area (Å²) in [6.07, 6.45) is 1.71. The highest BCUT2D eigenvalue weighted by atomic mass is 32.2. The maximum atomic E-state index is 12.4. The van der Waals surface area contributed by atoms with E-state index in [2.05, 4.69) is 6.58 Å². The van der Waals surface area contributed by atoms with Gasteiger partial charge in [-0.05, 0) is 24.1 Å². The minimum absolute atomic E-state index is 0.0565. The summed E-state index contributed by atoms with van der Waals surface area (Å²) in [5, 5.41) is 19.8. The van der Waals surface area contributed by atoms with Crippen molar-refractivity contribution in [1.82, 2.24) is 4.90 Å². The number of nitro groups is 1. The standard InChI is InChI=1S/C16H14N2O5S2/c1-10(11-5-2-3-6-12(11)18(22)23)9-13-15(21)17(16(24)25-13)8-4-7-14(19)20/h2-3,5-6,9H,1,4,7-8H2,(H,19,20)/b13-9-. The third-order valence-electron chi connectivity index (χ3n) is 3.40. The average molecular weight is 378 g/mol. The number of hydrogen-bond acceptors (Lipinski definition) is 6. The van der Waals surface area contributed by atoms with Gasteiger partial charge in [-0.2, -0.15) is 0 Å². The van der Waals surface area contributed by atoms with E-state index in [1.807, 2.05) is 0 Å². The van der Waals surface area contributed by atoms with Crippen molar-refractivity contribution in [2.45, 2.75) is 12.8 Å². The predicted octanol–water partition coefficient (Wildman–Crippen LogP) is 3.22. The molecule has 9 heteroatoms. The topological polar surface area (TPSA) is 101 Å². The fourth-order valence-corrected chi connectivity index (χ4v) is 3.54. The van der Waals surface area contributed by atoms with Crippen molar-refractivity contribution in [2.24, 2.45) is 0 Å². The fourth-order valence-electron chi connectivity index (χ4n) is 2.22. The molecule has 0 spiro atoms. The first kappa shape index (κ1) is 18.8. The number of hydrogen-bond donors (Lipinski definition) is 1. The van der Waals surface area contributed by atoms with Crippen molar-refractivity contribution in [2.75, 3.05) is 6.54 Å². The van der Waals surface area contributed by atoms with Crippen molar-refractivity contribution in [1.29, 1.82) is 0 Å².